The molecule has 3 rings (SSSR count). The lowest BCUT2D eigenvalue weighted by Crippen LogP contribution is -2.34. The number of rotatable bonds is 7. The minimum absolute atomic E-state index is 0.106. The smallest absolute Gasteiger partial charge is 0.417 e. The fraction of sp³-hybridized carbons (Fsp3) is 0.360. The molecule has 1 aliphatic rings. The Labute approximate surface area is 208 Å². The Morgan fingerprint density at radius 1 is 1.22 bits per heavy atom. The van der Waals surface area contributed by atoms with Crippen LogP contribution in [0.4, 0.5) is 32.0 Å². The maximum atomic E-state index is 15.1. The fourth-order valence-corrected chi connectivity index (χ4v) is 3.79. The molecule has 6 nitrogen and oxygen atoms in total. The molecule has 0 spiro atoms. The molecule has 1 heterocycles. The first kappa shape index (κ1) is 28.0. The summed E-state index contributed by atoms with van der Waals surface area (Å²) in [6, 6.07) is 7.83. The van der Waals surface area contributed by atoms with Crippen molar-refractivity contribution in [3.63, 3.8) is 0 Å². The van der Waals surface area contributed by atoms with Crippen LogP contribution < -0.4 is 15.0 Å². The normalized spacial score (nSPS) is 17.1. The number of carbonyl (C=O) groups excluding carboxylic acids is 2. The molecular formula is C25H24F6N2O4. The molecule has 0 unspecified atom stereocenters. The van der Waals surface area contributed by atoms with Gasteiger partial charge in [-0.2, -0.15) is 13.2 Å². The van der Waals surface area contributed by atoms with Crippen molar-refractivity contribution in [2.45, 2.75) is 31.6 Å². The van der Waals surface area contributed by atoms with Gasteiger partial charge < -0.3 is 20.1 Å². The van der Waals surface area contributed by atoms with E-state index in [1.807, 2.05) is 0 Å². The highest BCUT2D eigenvalue weighted by molar-refractivity contribution is 6.10. The second-order valence-electron chi connectivity index (χ2n) is 8.30. The summed E-state index contributed by atoms with van der Waals surface area (Å²) >= 11 is 0. The van der Waals surface area contributed by atoms with Crippen LogP contribution in [0.1, 0.15) is 34.8 Å². The third-order valence-corrected chi connectivity index (χ3v) is 5.47. The quantitative estimate of drug-likeness (QED) is 0.405. The Morgan fingerprint density at radius 2 is 1.92 bits per heavy atom. The van der Waals surface area contributed by atoms with Gasteiger partial charge in [-0.1, -0.05) is 18.2 Å². The molecule has 12 heteroatoms. The summed E-state index contributed by atoms with van der Waals surface area (Å²) in [7, 11) is 0. The van der Waals surface area contributed by atoms with Gasteiger partial charge in [0.15, 0.2) is 0 Å². The van der Waals surface area contributed by atoms with E-state index in [-0.39, 0.29) is 23.5 Å². The molecule has 0 saturated heterocycles. The van der Waals surface area contributed by atoms with E-state index in [1.165, 1.54) is 24.3 Å². The first-order valence-corrected chi connectivity index (χ1v) is 11.2. The zero-order valence-corrected chi connectivity index (χ0v) is 19.6. The van der Waals surface area contributed by atoms with Crippen molar-refractivity contribution >= 4 is 23.1 Å². The molecule has 0 radical (unpaired) electrons. The van der Waals surface area contributed by atoms with Crippen LogP contribution in [0.15, 0.2) is 48.5 Å². The van der Waals surface area contributed by atoms with Crippen LogP contribution in [0.25, 0.3) is 5.57 Å². The van der Waals surface area contributed by atoms with Crippen LogP contribution in [0.5, 0.6) is 5.75 Å². The number of aliphatic hydroxyl groups is 1. The topological polar surface area (TPSA) is 78.9 Å². The van der Waals surface area contributed by atoms with Crippen molar-refractivity contribution in [3.8, 4) is 5.75 Å². The minimum Gasteiger partial charge on any atom is -0.491 e. The molecule has 2 aromatic rings. The molecule has 0 bridgehead atoms. The fourth-order valence-electron chi connectivity index (χ4n) is 3.79. The molecule has 2 N–H and O–H groups in total. The molecule has 0 fully saturated rings. The summed E-state index contributed by atoms with van der Waals surface area (Å²) in [5, 5.41) is 11.1. The standard InChI is InChI=1S/C25H24F6N2O4/c1-15(26)14-37-16-6-7-18(20(12-16)25(29,30)31)23(36)33-10-8-24(27,28)19(13-22(35)32-9-11-34)17-4-2-3-5-21(17)33/h2-7,12-13,15,34H,8-11,14H2,1H3,(H,32,35)/t15-/m1/s1. The van der Waals surface area contributed by atoms with Gasteiger partial charge in [0.25, 0.3) is 11.8 Å². The Morgan fingerprint density at radius 3 is 2.57 bits per heavy atom. The van der Waals surface area contributed by atoms with Gasteiger partial charge in [-0.15, -0.1) is 0 Å². The van der Waals surface area contributed by atoms with Crippen molar-refractivity contribution < 1.29 is 45.8 Å². The number of carbonyl (C=O) groups is 2. The van der Waals surface area contributed by atoms with E-state index in [0.29, 0.717) is 12.1 Å². The summed E-state index contributed by atoms with van der Waals surface area (Å²) in [5.41, 5.74) is -3.20. The largest absolute Gasteiger partial charge is 0.491 e. The molecule has 2 aromatic carbocycles. The van der Waals surface area contributed by atoms with Gasteiger partial charge in [0.2, 0.25) is 5.91 Å². The predicted molar refractivity (Wildman–Crippen MR) is 123 cm³/mol. The zero-order valence-electron chi connectivity index (χ0n) is 19.6. The zero-order chi connectivity index (χ0) is 27.4. The van der Waals surface area contributed by atoms with E-state index in [4.69, 9.17) is 9.84 Å². The number of alkyl halides is 6. The molecule has 1 aliphatic heterocycles. The predicted octanol–water partition coefficient (Wildman–Crippen LogP) is 4.62. The number of allylic oxidation sites excluding steroid dienone is 1. The number of nitrogens with zero attached hydrogens (tertiary/aromatic N) is 1. The highest BCUT2D eigenvalue weighted by Gasteiger charge is 2.43. The molecule has 1 atom stereocenters. The third kappa shape index (κ3) is 6.62. The summed E-state index contributed by atoms with van der Waals surface area (Å²) < 4.78 is 90.0. The van der Waals surface area contributed by atoms with Crippen LogP contribution in [0.3, 0.4) is 0 Å². The van der Waals surface area contributed by atoms with Gasteiger partial charge in [0.1, 0.15) is 18.5 Å². The number of anilines is 1. The number of para-hydroxylation sites is 1. The molecule has 0 saturated carbocycles. The van der Waals surface area contributed by atoms with Crippen molar-refractivity contribution in [1.82, 2.24) is 5.32 Å². The number of hydrogen-bond acceptors (Lipinski definition) is 4. The molecule has 0 aliphatic carbocycles. The second kappa shape index (κ2) is 11.2. The Bertz CT molecular complexity index is 1180. The van der Waals surface area contributed by atoms with Crippen LogP contribution >= 0.6 is 0 Å². The molecule has 37 heavy (non-hydrogen) atoms. The Balaban J connectivity index is 2.08. The van der Waals surface area contributed by atoms with Gasteiger partial charge in [-0.05, 0) is 31.2 Å². The number of aliphatic hydroxyl groups excluding tert-OH is 1. The lowest BCUT2D eigenvalue weighted by molar-refractivity contribution is -0.138. The molecule has 0 aromatic heterocycles. The van der Waals surface area contributed by atoms with E-state index in [2.05, 4.69) is 5.32 Å². The van der Waals surface area contributed by atoms with Crippen LogP contribution in [-0.2, 0) is 11.0 Å². The first-order chi connectivity index (χ1) is 17.3. The SMILES string of the molecule is C[C@@H](F)COc1ccc(C(=O)N2CCC(F)(F)C(=CC(=O)NCCO)c3ccccc32)c(C(F)(F)F)c1. The Kier molecular flexibility index (Phi) is 8.52. The van der Waals surface area contributed by atoms with Gasteiger partial charge >= 0.3 is 6.18 Å². The summed E-state index contributed by atoms with van der Waals surface area (Å²) in [6.07, 6.45) is -6.76. The molecule has 200 valence electrons. The number of benzene rings is 2. The van der Waals surface area contributed by atoms with Crippen molar-refractivity contribution in [1.29, 1.82) is 0 Å². The average Bonchev–Trinajstić information content (AvgIpc) is 2.94. The van der Waals surface area contributed by atoms with E-state index in [0.717, 1.165) is 24.0 Å². The monoisotopic (exact) mass is 530 g/mol. The Hall–Kier alpha value is -3.54. The van der Waals surface area contributed by atoms with E-state index in [9.17, 15) is 27.2 Å². The van der Waals surface area contributed by atoms with Crippen LogP contribution in [0.2, 0.25) is 0 Å². The first-order valence-electron chi connectivity index (χ1n) is 11.2. The highest BCUT2D eigenvalue weighted by Crippen LogP contribution is 2.44. The van der Waals surface area contributed by atoms with Gasteiger partial charge in [0.05, 0.1) is 23.4 Å². The number of nitrogens with one attached hydrogen (secondary N) is 1. The highest BCUT2D eigenvalue weighted by atomic mass is 19.4. The van der Waals surface area contributed by atoms with Crippen molar-refractivity contribution in [2.75, 3.05) is 31.2 Å². The van der Waals surface area contributed by atoms with E-state index >= 15 is 8.78 Å². The van der Waals surface area contributed by atoms with Gasteiger partial charge in [-0.3, -0.25) is 9.59 Å². The van der Waals surface area contributed by atoms with E-state index < -0.39 is 73.0 Å². The number of ether oxygens (including phenoxy) is 1. The van der Waals surface area contributed by atoms with Crippen molar-refractivity contribution in [2.24, 2.45) is 0 Å². The number of fused-ring (bicyclic) bond motifs is 1. The number of hydrogen-bond donors (Lipinski definition) is 2. The summed E-state index contributed by atoms with van der Waals surface area (Å²) in [5.74, 6) is -6.01. The second-order valence-corrected chi connectivity index (χ2v) is 8.30. The minimum atomic E-state index is -5.00. The number of amides is 2. The van der Waals surface area contributed by atoms with Crippen LogP contribution in [0, 0.1) is 0 Å². The maximum Gasteiger partial charge on any atom is 0.417 e. The maximum absolute atomic E-state index is 15.1. The average molecular weight is 530 g/mol. The number of halogens is 6. The van der Waals surface area contributed by atoms with Crippen molar-refractivity contribution in [3.05, 3.63) is 65.2 Å². The molecule has 2 amide bonds. The third-order valence-electron chi connectivity index (χ3n) is 5.47. The van der Waals surface area contributed by atoms with Gasteiger partial charge in [-0.25, -0.2) is 13.2 Å². The van der Waals surface area contributed by atoms with Gasteiger partial charge in [0, 0.05) is 36.7 Å². The lowest BCUT2D eigenvalue weighted by atomic mass is 9.97. The lowest BCUT2D eigenvalue weighted by Gasteiger charge is -2.24. The summed E-state index contributed by atoms with van der Waals surface area (Å²) in [6.45, 7) is -0.575. The van der Waals surface area contributed by atoms with Crippen LogP contribution in [-0.4, -0.2) is 55.3 Å². The molecular weight excluding hydrogens is 506 g/mol. The van der Waals surface area contributed by atoms with E-state index in [1.54, 1.807) is 0 Å². The summed E-state index contributed by atoms with van der Waals surface area (Å²) in [4.78, 5) is 26.3.